The molecule has 0 heterocycles. The van der Waals surface area contributed by atoms with E-state index in [4.69, 9.17) is 0 Å². The number of hydrogen-bond acceptors (Lipinski definition) is 0. The summed E-state index contributed by atoms with van der Waals surface area (Å²) in [6, 6.07) is 24.5. The maximum atomic E-state index is 2.39. The van der Waals surface area contributed by atoms with Gasteiger partial charge < -0.3 is 0 Å². The van der Waals surface area contributed by atoms with Gasteiger partial charge in [0.1, 0.15) is 0 Å². The molecule has 0 bridgehead atoms. The summed E-state index contributed by atoms with van der Waals surface area (Å²) in [7, 11) is 0. The van der Waals surface area contributed by atoms with E-state index in [0.717, 1.165) is 12.8 Å². The molecule has 120 valence electrons. The summed E-state index contributed by atoms with van der Waals surface area (Å²) in [5.41, 5.74) is 11.0. The van der Waals surface area contributed by atoms with Gasteiger partial charge in [-0.2, -0.15) is 0 Å². The van der Waals surface area contributed by atoms with Crippen LogP contribution < -0.4 is 0 Å². The van der Waals surface area contributed by atoms with Crippen LogP contribution in [0.1, 0.15) is 29.5 Å². The summed E-state index contributed by atoms with van der Waals surface area (Å²) >= 11 is 0. The standard InChI is InChI=1S/C25H20/c1-3-7-18(8-4-1)20-11-13-24-22(15-20)17-23-16-21(12-14-25(23)24)19-9-5-2-6-10-19/h1,3-5,7-16H,2,6,17H2. The molecule has 0 amide bonds. The van der Waals surface area contributed by atoms with Crippen molar-refractivity contribution < 1.29 is 0 Å². The second-order valence-electron chi connectivity index (χ2n) is 6.93. The van der Waals surface area contributed by atoms with Gasteiger partial charge in [-0.25, -0.2) is 0 Å². The SMILES string of the molecule is C1=CC(c2ccc3c(c2)Cc2cc(-c4ccccc4)ccc2-3)=CCC1. The lowest BCUT2D eigenvalue weighted by Crippen LogP contribution is -1.88. The first-order valence-electron chi connectivity index (χ1n) is 9.07. The molecule has 3 aromatic rings. The highest BCUT2D eigenvalue weighted by atomic mass is 14.2. The second kappa shape index (κ2) is 5.89. The molecule has 0 radical (unpaired) electrons. The van der Waals surface area contributed by atoms with Crippen LogP contribution in [-0.2, 0) is 6.42 Å². The second-order valence-corrected chi connectivity index (χ2v) is 6.93. The molecule has 0 aromatic heterocycles. The number of hydrogen-bond donors (Lipinski definition) is 0. The third-order valence-corrected chi connectivity index (χ3v) is 5.32. The van der Waals surface area contributed by atoms with E-state index in [1.165, 1.54) is 50.9 Å². The van der Waals surface area contributed by atoms with Crippen molar-refractivity contribution in [2.24, 2.45) is 0 Å². The van der Waals surface area contributed by atoms with Gasteiger partial charge in [-0.3, -0.25) is 0 Å². The van der Waals surface area contributed by atoms with E-state index in [1.54, 1.807) is 0 Å². The van der Waals surface area contributed by atoms with Gasteiger partial charge in [0.25, 0.3) is 0 Å². The molecule has 0 spiro atoms. The largest absolute Gasteiger partial charge is 0.0836 e. The van der Waals surface area contributed by atoms with E-state index in [0.29, 0.717) is 0 Å². The fraction of sp³-hybridized carbons (Fsp3) is 0.120. The Kier molecular flexibility index (Phi) is 3.41. The van der Waals surface area contributed by atoms with Crippen LogP contribution in [0.4, 0.5) is 0 Å². The Morgan fingerprint density at radius 3 is 2.04 bits per heavy atom. The molecule has 0 heteroatoms. The van der Waals surface area contributed by atoms with Gasteiger partial charge in [0, 0.05) is 0 Å². The van der Waals surface area contributed by atoms with Crippen molar-refractivity contribution in [1.29, 1.82) is 0 Å². The molecule has 0 atom stereocenters. The Hall–Kier alpha value is -2.86. The molecular weight excluding hydrogens is 300 g/mol. The van der Waals surface area contributed by atoms with Crippen molar-refractivity contribution in [3.63, 3.8) is 0 Å². The van der Waals surface area contributed by atoms with Gasteiger partial charge >= 0.3 is 0 Å². The fourth-order valence-corrected chi connectivity index (χ4v) is 4.03. The van der Waals surface area contributed by atoms with Crippen molar-refractivity contribution in [2.45, 2.75) is 19.3 Å². The fourth-order valence-electron chi connectivity index (χ4n) is 4.03. The van der Waals surface area contributed by atoms with Crippen LogP contribution >= 0.6 is 0 Å². The van der Waals surface area contributed by atoms with Crippen molar-refractivity contribution in [3.05, 3.63) is 102 Å². The lowest BCUT2D eigenvalue weighted by molar-refractivity contribution is 1.04. The van der Waals surface area contributed by atoms with Crippen LogP contribution in [0.5, 0.6) is 0 Å². The van der Waals surface area contributed by atoms with Crippen LogP contribution in [0, 0.1) is 0 Å². The van der Waals surface area contributed by atoms with Gasteiger partial charge in [0.15, 0.2) is 0 Å². The number of benzene rings is 3. The quantitative estimate of drug-likeness (QED) is 0.387. The van der Waals surface area contributed by atoms with Crippen molar-refractivity contribution in [1.82, 2.24) is 0 Å². The third kappa shape index (κ3) is 2.55. The maximum Gasteiger partial charge on any atom is -0.00130 e. The smallest absolute Gasteiger partial charge is 0.00130 e. The highest BCUT2D eigenvalue weighted by Gasteiger charge is 2.19. The minimum atomic E-state index is 1.04. The van der Waals surface area contributed by atoms with E-state index < -0.39 is 0 Å². The Morgan fingerprint density at radius 2 is 1.32 bits per heavy atom. The number of allylic oxidation sites excluding steroid dienone is 4. The van der Waals surface area contributed by atoms with E-state index in [-0.39, 0.29) is 0 Å². The molecule has 0 unspecified atom stereocenters. The van der Waals surface area contributed by atoms with Crippen LogP contribution in [0.15, 0.2) is 85.0 Å². The molecule has 5 rings (SSSR count). The molecule has 2 aliphatic carbocycles. The van der Waals surface area contributed by atoms with Gasteiger partial charge in [-0.1, -0.05) is 85.0 Å². The monoisotopic (exact) mass is 320 g/mol. The first-order chi connectivity index (χ1) is 12.4. The summed E-state index contributed by atoms with van der Waals surface area (Å²) in [4.78, 5) is 0. The van der Waals surface area contributed by atoms with Crippen molar-refractivity contribution in [3.8, 4) is 22.3 Å². The first-order valence-corrected chi connectivity index (χ1v) is 9.07. The van der Waals surface area contributed by atoms with Gasteiger partial charge in [-0.15, -0.1) is 0 Å². The van der Waals surface area contributed by atoms with Crippen LogP contribution in [0.2, 0.25) is 0 Å². The van der Waals surface area contributed by atoms with Crippen molar-refractivity contribution in [2.75, 3.05) is 0 Å². The van der Waals surface area contributed by atoms with Crippen LogP contribution in [-0.4, -0.2) is 0 Å². The van der Waals surface area contributed by atoms with E-state index >= 15 is 0 Å². The zero-order chi connectivity index (χ0) is 16.6. The predicted molar refractivity (Wildman–Crippen MR) is 106 cm³/mol. The molecule has 0 fully saturated rings. The molecule has 2 aliphatic rings. The van der Waals surface area contributed by atoms with Crippen LogP contribution in [0.25, 0.3) is 27.8 Å². The maximum absolute atomic E-state index is 2.39. The highest BCUT2D eigenvalue weighted by Crippen LogP contribution is 2.40. The Bertz CT molecular complexity index is 1000. The summed E-state index contributed by atoms with van der Waals surface area (Å²) in [5.74, 6) is 0. The molecule has 0 saturated carbocycles. The molecule has 0 nitrogen and oxygen atoms in total. The predicted octanol–water partition coefficient (Wildman–Crippen LogP) is 6.66. The van der Waals surface area contributed by atoms with Gasteiger partial charge in [0.05, 0.1) is 0 Å². The number of rotatable bonds is 2. The zero-order valence-corrected chi connectivity index (χ0v) is 14.2. The summed E-state index contributed by atoms with van der Waals surface area (Å²) in [5, 5.41) is 0. The summed E-state index contributed by atoms with van der Waals surface area (Å²) < 4.78 is 0. The summed E-state index contributed by atoms with van der Waals surface area (Å²) in [6.45, 7) is 0. The average Bonchev–Trinajstić information content (AvgIpc) is 3.06. The zero-order valence-electron chi connectivity index (χ0n) is 14.2. The molecule has 3 aromatic carbocycles. The van der Waals surface area contributed by atoms with Gasteiger partial charge in [-0.05, 0) is 63.8 Å². The average molecular weight is 320 g/mol. The van der Waals surface area contributed by atoms with E-state index in [1.807, 2.05) is 0 Å². The molecule has 25 heavy (non-hydrogen) atoms. The molecular formula is C25H20. The minimum absolute atomic E-state index is 1.04. The third-order valence-electron chi connectivity index (χ3n) is 5.32. The topological polar surface area (TPSA) is 0 Å². The Balaban J connectivity index is 1.53. The number of fused-ring (bicyclic) bond motifs is 3. The van der Waals surface area contributed by atoms with E-state index in [2.05, 4.69) is 85.0 Å². The van der Waals surface area contributed by atoms with Crippen LogP contribution in [0.3, 0.4) is 0 Å². The normalized spacial score (nSPS) is 14.8. The van der Waals surface area contributed by atoms with Crippen molar-refractivity contribution >= 4 is 5.57 Å². The lowest BCUT2D eigenvalue weighted by atomic mass is 9.95. The molecule has 0 N–H and O–H groups in total. The lowest BCUT2D eigenvalue weighted by Gasteiger charge is -2.09. The minimum Gasteiger partial charge on any atom is -0.0836 e. The highest BCUT2D eigenvalue weighted by molar-refractivity contribution is 5.83. The Morgan fingerprint density at radius 1 is 0.600 bits per heavy atom. The molecule has 0 aliphatic heterocycles. The van der Waals surface area contributed by atoms with E-state index in [9.17, 15) is 0 Å². The van der Waals surface area contributed by atoms with Gasteiger partial charge in [0.2, 0.25) is 0 Å². The Labute approximate surface area is 149 Å². The summed E-state index contributed by atoms with van der Waals surface area (Å²) in [6.07, 6.45) is 10.3. The molecule has 0 saturated heterocycles. The first kappa shape index (κ1) is 14.5.